The molecule has 2 saturated heterocycles. The van der Waals surface area contributed by atoms with Gasteiger partial charge in [-0.05, 0) is 69.6 Å². The highest BCUT2D eigenvalue weighted by molar-refractivity contribution is 5.90. The maximum absolute atomic E-state index is 13.6. The molecule has 6 rings (SSSR count). The Morgan fingerprint density at radius 1 is 1.19 bits per heavy atom. The topological polar surface area (TPSA) is 112 Å². The second kappa shape index (κ2) is 8.10. The molecule has 2 aliphatic heterocycles. The van der Waals surface area contributed by atoms with E-state index in [-0.39, 0.29) is 36.4 Å². The van der Waals surface area contributed by atoms with Gasteiger partial charge >= 0.3 is 5.97 Å². The van der Waals surface area contributed by atoms with Crippen LogP contribution in [0.2, 0.25) is 0 Å². The Labute approximate surface area is 219 Å². The molecule has 3 unspecified atom stereocenters. The first-order valence-corrected chi connectivity index (χ1v) is 14.1. The van der Waals surface area contributed by atoms with E-state index in [9.17, 15) is 19.8 Å². The van der Waals surface area contributed by atoms with Gasteiger partial charge in [-0.1, -0.05) is 38.8 Å². The van der Waals surface area contributed by atoms with Gasteiger partial charge < -0.3 is 34.0 Å². The molecule has 2 N–H and O–H groups in total. The Bertz CT molecular complexity index is 1020. The van der Waals surface area contributed by atoms with Crippen molar-refractivity contribution in [1.29, 1.82) is 0 Å². The highest BCUT2D eigenvalue weighted by Crippen LogP contribution is 2.82. The number of carboxylic acid groups (broad SMARTS) is 1. The number of aliphatic hydroxyl groups is 1. The molecule has 12 atom stereocenters. The molecule has 0 radical (unpaired) electrons. The predicted molar refractivity (Wildman–Crippen MR) is 132 cm³/mol. The quantitative estimate of drug-likeness (QED) is 0.406. The van der Waals surface area contributed by atoms with Gasteiger partial charge in [0, 0.05) is 5.41 Å². The number of aldehydes is 1. The maximum Gasteiger partial charge on any atom is 0.315 e. The molecule has 0 aromatic rings. The number of aliphatic hydroxyl groups excluding tert-OH is 1. The molecule has 0 aromatic heterocycles. The third kappa shape index (κ3) is 3.02. The monoisotopic (exact) mass is 518 g/mol. The molecule has 2 heterocycles. The minimum absolute atomic E-state index is 0.000883. The second-order valence-electron chi connectivity index (χ2n) is 13.6. The van der Waals surface area contributed by atoms with Crippen LogP contribution in [0, 0.1) is 45.8 Å². The van der Waals surface area contributed by atoms with Crippen molar-refractivity contribution in [3.8, 4) is 0 Å². The average Bonchev–Trinajstić information content (AvgIpc) is 3.50. The van der Waals surface area contributed by atoms with Gasteiger partial charge in [0.05, 0.1) is 18.1 Å². The number of aliphatic carboxylic acids is 1. The van der Waals surface area contributed by atoms with Crippen molar-refractivity contribution in [2.45, 2.75) is 104 Å². The molecule has 8 heteroatoms. The van der Waals surface area contributed by atoms with Crippen molar-refractivity contribution in [3.63, 3.8) is 0 Å². The van der Waals surface area contributed by atoms with Gasteiger partial charge in [0.15, 0.2) is 12.1 Å². The lowest BCUT2D eigenvalue weighted by Gasteiger charge is -2.58. The third-order valence-corrected chi connectivity index (χ3v) is 11.2. The van der Waals surface area contributed by atoms with Crippen molar-refractivity contribution >= 4 is 12.3 Å². The van der Waals surface area contributed by atoms with E-state index in [4.69, 9.17) is 18.9 Å². The largest absolute Gasteiger partial charge is 0.481 e. The minimum atomic E-state index is -1.31. The lowest BCUT2D eigenvalue weighted by atomic mass is 9.43. The Morgan fingerprint density at radius 2 is 1.89 bits per heavy atom. The van der Waals surface area contributed by atoms with Crippen LogP contribution in [0.4, 0.5) is 0 Å². The van der Waals surface area contributed by atoms with E-state index in [2.05, 4.69) is 13.0 Å². The molecule has 206 valence electrons. The van der Waals surface area contributed by atoms with Crippen molar-refractivity contribution in [2.75, 3.05) is 6.61 Å². The van der Waals surface area contributed by atoms with Crippen LogP contribution in [0.3, 0.4) is 0 Å². The SMILES string of the molecule is CC(C)C1=CC2C[C@]3(C=O)C4CC[C@@H](C)C4C[C@@]2(CO[C@@H]2O[C@H](C)[C@H]4OC(C)(C)O[C@H]4[C@@H]2O)[C@]13C(=O)O. The highest BCUT2D eigenvalue weighted by atomic mass is 16.8. The summed E-state index contributed by atoms with van der Waals surface area (Å²) in [6.45, 7) is 11.9. The zero-order valence-corrected chi connectivity index (χ0v) is 22.8. The van der Waals surface area contributed by atoms with E-state index in [1.807, 2.05) is 34.6 Å². The number of hydrogen-bond donors (Lipinski definition) is 2. The van der Waals surface area contributed by atoms with Crippen LogP contribution in [0.1, 0.15) is 67.2 Å². The van der Waals surface area contributed by atoms with Crippen LogP contribution in [0.5, 0.6) is 0 Å². The smallest absolute Gasteiger partial charge is 0.315 e. The number of fused-ring (bicyclic) bond motifs is 3. The number of carbonyl (C=O) groups excluding carboxylic acids is 1. The average molecular weight is 519 g/mol. The first kappa shape index (κ1) is 25.9. The number of carbonyl (C=O) groups is 2. The summed E-state index contributed by atoms with van der Waals surface area (Å²) < 4.78 is 24.5. The molecule has 5 fully saturated rings. The molecule has 0 amide bonds. The molecule has 6 aliphatic rings. The van der Waals surface area contributed by atoms with Crippen LogP contribution in [0.15, 0.2) is 11.6 Å². The fraction of sp³-hybridized carbons (Fsp3) is 0.862. The fourth-order valence-corrected chi connectivity index (χ4v) is 9.97. The Hall–Kier alpha value is -1.32. The second-order valence-corrected chi connectivity index (χ2v) is 13.6. The predicted octanol–water partition coefficient (Wildman–Crippen LogP) is 3.55. The molecule has 8 nitrogen and oxygen atoms in total. The summed E-state index contributed by atoms with van der Waals surface area (Å²) in [6, 6.07) is 0. The third-order valence-electron chi connectivity index (χ3n) is 11.2. The summed E-state index contributed by atoms with van der Waals surface area (Å²) in [4.78, 5) is 26.7. The van der Waals surface area contributed by atoms with Crippen molar-refractivity contribution < 1.29 is 38.7 Å². The molecular formula is C29H42O8. The summed E-state index contributed by atoms with van der Waals surface area (Å²) in [5.41, 5.74) is -2.15. The standard InChI is InChI=1S/C29H42O8/c1-14(2)20-9-17-10-27(12-30)19-8-7-15(3)18(19)11-28(17,29(20,27)25(32)33)13-34-24-21(31)23-22(16(4)35-24)36-26(5,6)37-23/h9,12,14-19,21-24,31H,7-8,10-11,13H2,1-6H3,(H,32,33)/t15-,16-,17?,18?,19?,21+,22-,23+,24-,27+,28+,29+/m1/s1. The van der Waals surface area contributed by atoms with E-state index < -0.39 is 52.6 Å². The van der Waals surface area contributed by atoms with Crippen molar-refractivity contribution in [2.24, 2.45) is 45.8 Å². The Morgan fingerprint density at radius 3 is 2.54 bits per heavy atom. The summed E-state index contributed by atoms with van der Waals surface area (Å²) in [7, 11) is 0. The summed E-state index contributed by atoms with van der Waals surface area (Å²) >= 11 is 0. The molecule has 4 bridgehead atoms. The van der Waals surface area contributed by atoms with Gasteiger partial charge in [-0.3, -0.25) is 4.79 Å². The van der Waals surface area contributed by atoms with Gasteiger partial charge in [-0.2, -0.15) is 0 Å². The first-order chi connectivity index (χ1) is 17.3. The fourth-order valence-electron chi connectivity index (χ4n) is 9.97. The summed E-state index contributed by atoms with van der Waals surface area (Å²) in [5, 5.41) is 22.3. The summed E-state index contributed by atoms with van der Waals surface area (Å²) in [6.07, 6.45) is 2.92. The van der Waals surface area contributed by atoms with Crippen LogP contribution in [-0.2, 0) is 28.5 Å². The van der Waals surface area contributed by atoms with E-state index in [0.29, 0.717) is 18.8 Å². The van der Waals surface area contributed by atoms with Gasteiger partial charge in [-0.25, -0.2) is 0 Å². The number of carboxylic acids is 1. The van der Waals surface area contributed by atoms with Crippen LogP contribution in [0.25, 0.3) is 0 Å². The molecule has 4 aliphatic carbocycles. The lowest BCUT2D eigenvalue weighted by molar-refractivity contribution is -0.287. The van der Waals surface area contributed by atoms with Gasteiger partial charge in [0.1, 0.15) is 30.0 Å². The van der Waals surface area contributed by atoms with E-state index in [0.717, 1.165) is 24.7 Å². The van der Waals surface area contributed by atoms with Crippen LogP contribution in [-0.4, -0.2) is 65.6 Å². The maximum atomic E-state index is 13.6. The zero-order chi connectivity index (χ0) is 26.7. The first-order valence-electron chi connectivity index (χ1n) is 14.1. The van der Waals surface area contributed by atoms with Crippen LogP contribution < -0.4 is 0 Å². The molecule has 3 saturated carbocycles. The van der Waals surface area contributed by atoms with E-state index in [1.165, 1.54) is 0 Å². The molecule has 0 spiro atoms. The minimum Gasteiger partial charge on any atom is -0.481 e. The van der Waals surface area contributed by atoms with Gasteiger partial charge in [-0.15, -0.1) is 0 Å². The van der Waals surface area contributed by atoms with E-state index in [1.54, 1.807) is 0 Å². The molecular weight excluding hydrogens is 476 g/mol. The highest BCUT2D eigenvalue weighted by Gasteiger charge is 2.84. The summed E-state index contributed by atoms with van der Waals surface area (Å²) in [5.74, 6) is -1.04. The van der Waals surface area contributed by atoms with Crippen molar-refractivity contribution in [3.05, 3.63) is 11.6 Å². The lowest BCUT2D eigenvalue weighted by Crippen LogP contribution is -2.64. The Kier molecular flexibility index (Phi) is 5.68. The van der Waals surface area contributed by atoms with Crippen molar-refractivity contribution in [1.82, 2.24) is 0 Å². The normalized spacial score (nSPS) is 53.2. The van der Waals surface area contributed by atoms with Gasteiger partial charge in [0.2, 0.25) is 0 Å². The van der Waals surface area contributed by atoms with Gasteiger partial charge in [0.25, 0.3) is 0 Å². The molecule has 37 heavy (non-hydrogen) atoms. The zero-order valence-electron chi connectivity index (χ0n) is 22.8. The Balaban J connectivity index is 1.39. The number of allylic oxidation sites excluding steroid dienone is 1. The number of rotatable bonds is 6. The van der Waals surface area contributed by atoms with Crippen LogP contribution >= 0.6 is 0 Å². The van der Waals surface area contributed by atoms with E-state index >= 15 is 0 Å². The number of hydrogen-bond acceptors (Lipinski definition) is 7. The number of ether oxygens (including phenoxy) is 4. The molecule has 0 aromatic carbocycles.